The number of amides is 1. The molecule has 3 aromatic heterocycles. The summed E-state index contributed by atoms with van der Waals surface area (Å²) in [5, 5.41) is 9.81. The van der Waals surface area contributed by atoms with E-state index in [1.165, 1.54) is 29.0 Å². The van der Waals surface area contributed by atoms with Crippen molar-refractivity contribution >= 4 is 34.4 Å². The van der Waals surface area contributed by atoms with Crippen molar-refractivity contribution in [2.75, 3.05) is 23.3 Å². The van der Waals surface area contributed by atoms with Crippen molar-refractivity contribution in [3.05, 3.63) is 83.3 Å². The quantitative estimate of drug-likeness (QED) is 0.240. The number of carboxylic acids is 1. The molecule has 17 heteroatoms. The summed E-state index contributed by atoms with van der Waals surface area (Å²) in [6, 6.07) is 9.98. The van der Waals surface area contributed by atoms with Crippen LogP contribution in [0.5, 0.6) is 0 Å². The number of hydrogen-bond donors (Lipinski definition) is 2. The van der Waals surface area contributed by atoms with Gasteiger partial charge in [0.05, 0.1) is 23.0 Å². The summed E-state index contributed by atoms with van der Waals surface area (Å²) in [6.07, 6.45) is -11.2. The fourth-order valence-electron chi connectivity index (χ4n) is 4.06. The minimum absolute atomic E-state index is 0.0261. The molecule has 1 amide bonds. The Morgan fingerprint density at radius 3 is 2.02 bits per heavy atom. The van der Waals surface area contributed by atoms with E-state index in [1.54, 1.807) is 12.1 Å². The third kappa shape index (κ3) is 7.57. The van der Waals surface area contributed by atoms with E-state index in [9.17, 15) is 44.3 Å². The number of fused-ring (bicyclic) bond motifs is 1. The first-order valence-electron chi connectivity index (χ1n) is 12.5. The van der Waals surface area contributed by atoms with Crippen LogP contribution in [0.15, 0.2) is 60.9 Å². The van der Waals surface area contributed by atoms with Gasteiger partial charge in [-0.3, -0.25) is 4.79 Å². The molecule has 1 aliphatic heterocycles. The molecule has 234 valence electrons. The maximum Gasteiger partial charge on any atom is 0.490 e. The Morgan fingerprint density at radius 2 is 1.50 bits per heavy atom. The number of carboxylic acid groups (broad SMARTS) is 1. The highest BCUT2D eigenvalue weighted by Gasteiger charge is 2.38. The highest BCUT2D eigenvalue weighted by molar-refractivity contribution is 6.06. The molecule has 1 aliphatic rings. The van der Waals surface area contributed by atoms with Gasteiger partial charge in [-0.15, -0.1) is 0 Å². The van der Waals surface area contributed by atoms with Crippen LogP contribution in [-0.2, 0) is 23.7 Å². The van der Waals surface area contributed by atoms with Gasteiger partial charge in [-0.2, -0.15) is 39.5 Å². The molecule has 2 N–H and O–H groups in total. The van der Waals surface area contributed by atoms with E-state index in [4.69, 9.17) is 9.90 Å². The van der Waals surface area contributed by atoms with Crippen molar-refractivity contribution in [2.45, 2.75) is 31.5 Å². The highest BCUT2D eigenvalue weighted by Crippen LogP contribution is 2.33. The molecule has 0 unspecified atom stereocenters. The third-order valence-electron chi connectivity index (χ3n) is 6.32. The summed E-state index contributed by atoms with van der Waals surface area (Å²) < 4.78 is 112. The van der Waals surface area contributed by atoms with Gasteiger partial charge >= 0.3 is 24.5 Å². The topological polar surface area (TPSA) is 100 Å². The number of nitrogens with one attached hydrogen (secondary N) is 1. The average molecular weight is 633 g/mol. The Kier molecular flexibility index (Phi) is 8.78. The average Bonchev–Trinajstić information content (AvgIpc) is 3.25. The first kappa shape index (κ1) is 32.1. The van der Waals surface area contributed by atoms with Gasteiger partial charge in [0.2, 0.25) is 0 Å². The van der Waals surface area contributed by atoms with Crippen LogP contribution < -0.4 is 10.2 Å². The molecule has 5 rings (SSSR count). The molecule has 0 radical (unpaired) electrons. The van der Waals surface area contributed by atoms with Gasteiger partial charge in [0, 0.05) is 31.2 Å². The van der Waals surface area contributed by atoms with E-state index in [-0.39, 0.29) is 28.8 Å². The van der Waals surface area contributed by atoms with Gasteiger partial charge in [-0.25, -0.2) is 14.8 Å². The van der Waals surface area contributed by atoms with E-state index in [2.05, 4.69) is 20.2 Å². The van der Waals surface area contributed by atoms with E-state index in [0.717, 1.165) is 43.5 Å². The van der Waals surface area contributed by atoms with Crippen molar-refractivity contribution in [3.8, 4) is 0 Å². The van der Waals surface area contributed by atoms with Crippen LogP contribution in [-0.4, -0.2) is 50.8 Å². The van der Waals surface area contributed by atoms with Gasteiger partial charge in [0.1, 0.15) is 17.2 Å². The van der Waals surface area contributed by atoms with Crippen LogP contribution in [0.4, 0.5) is 51.0 Å². The highest BCUT2D eigenvalue weighted by atomic mass is 19.4. The van der Waals surface area contributed by atoms with Crippen LogP contribution in [0.2, 0.25) is 0 Å². The molecule has 0 saturated carbocycles. The Morgan fingerprint density at radius 1 is 0.841 bits per heavy atom. The number of hydrogen-bond acceptors (Lipinski definition) is 5. The maximum atomic E-state index is 13.2. The monoisotopic (exact) mass is 633 g/mol. The zero-order valence-electron chi connectivity index (χ0n) is 22.1. The van der Waals surface area contributed by atoms with Crippen molar-refractivity contribution in [1.82, 2.24) is 14.5 Å². The zero-order chi connectivity index (χ0) is 32.4. The summed E-state index contributed by atoms with van der Waals surface area (Å²) in [7, 11) is 0. The summed E-state index contributed by atoms with van der Waals surface area (Å²) >= 11 is 0. The first-order chi connectivity index (χ1) is 20.4. The molecule has 4 aromatic rings. The Balaban J connectivity index is 0.000000566. The molecule has 0 spiro atoms. The smallest absolute Gasteiger partial charge is 0.475 e. The third-order valence-corrected chi connectivity index (χ3v) is 6.32. The van der Waals surface area contributed by atoms with Crippen molar-refractivity contribution in [3.63, 3.8) is 0 Å². The second-order valence-electron chi connectivity index (χ2n) is 9.45. The number of alkyl halides is 9. The normalized spacial score (nSPS) is 13.6. The molecule has 8 nitrogen and oxygen atoms in total. The molecule has 0 atom stereocenters. The van der Waals surface area contributed by atoms with Crippen LogP contribution in [0.25, 0.3) is 11.0 Å². The predicted octanol–water partition coefficient (Wildman–Crippen LogP) is 6.61. The SMILES string of the molecule is O=C(Nc1ccc(N2CCC2)nc1)c1cc2cc(C(F)(F)F)cnc2n1Cc1cccc(C(F)(F)F)c1.O=C(O)C(F)(F)F. The Hall–Kier alpha value is -4.83. The molecule has 1 saturated heterocycles. The van der Waals surface area contributed by atoms with Gasteiger partial charge in [-0.05, 0) is 48.4 Å². The summed E-state index contributed by atoms with van der Waals surface area (Å²) in [4.78, 5) is 32.3. The zero-order valence-corrected chi connectivity index (χ0v) is 22.1. The maximum absolute atomic E-state index is 13.2. The van der Waals surface area contributed by atoms with Crippen molar-refractivity contribution in [1.29, 1.82) is 0 Å². The second-order valence-corrected chi connectivity index (χ2v) is 9.45. The minimum Gasteiger partial charge on any atom is -0.475 e. The lowest BCUT2D eigenvalue weighted by Crippen LogP contribution is -2.37. The number of benzene rings is 1. The Labute approximate surface area is 241 Å². The van der Waals surface area contributed by atoms with Gasteiger partial charge in [0.15, 0.2) is 0 Å². The number of rotatable bonds is 5. The molecule has 4 heterocycles. The lowest BCUT2D eigenvalue weighted by Gasteiger charge is -2.31. The minimum atomic E-state index is -5.08. The molecule has 0 aliphatic carbocycles. The van der Waals surface area contributed by atoms with Gasteiger partial charge < -0.3 is 19.9 Å². The van der Waals surface area contributed by atoms with Crippen LogP contribution in [0.3, 0.4) is 0 Å². The van der Waals surface area contributed by atoms with E-state index in [1.807, 2.05) is 0 Å². The predicted molar refractivity (Wildman–Crippen MR) is 138 cm³/mol. The largest absolute Gasteiger partial charge is 0.490 e. The summed E-state index contributed by atoms with van der Waals surface area (Å²) in [6.45, 7) is 1.56. The number of halogens is 9. The standard InChI is InChI=1S/C25H19F6N5O.C2HF3O2/c26-24(27,28)17-4-1-3-15(9-17)14-36-20(11-16-10-18(25(29,30)31)12-33-22(16)36)23(37)34-19-5-6-21(32-13-19)35-7-2-8-35;3-2(4,5)1(6)7/h1,3-6,9-13H,2,7-8,14H2,(H,34,37);(H,6,7). The van der Waals surface area contributed by atoms with E-state index < -0.39 is 41.5 Å². The fourth-order valence-corrected chi connectivity index (χ4v) is 4.06. The fraction of sp³-hybridized carbons (Fsp3) is 0.259. The molecule has 1 aromatic carbocycles. The molecule has 44 heavy (non-hydrogen) atoms. The molecular formula is C27H20F9N5O3. The van der Waals surface area contributed by atoms with Gasteiger partial charge in [0.25, 0.3) is 5.91 Å². The van der Waals surface area contributed by atoms with Crippen LogP contribution in [0.1, 0.15) is 33.6 Å². The number of carbonyl (C=O) groups excluding carboxylic acids is 1. The number of pyridine rings is 2. The molecule has 0 bridgehead atoms. The van der Waals surface area contributed by atoms with Crippen molar-refractivity contribution in [2.24, 2.45) is 0 Å². The van der Waals surface area contributed by atoms with Gasteiger partial charge in [-0.1, -0.05) is 12.1 Å². The first-order valence-corrected chi connectivity index (χ1v) is 12.5. The summed E-state index contributed by atoms with van der Waals surface area (Å²) in [5.74, 6) is -2.67. The molecular weight excluding hydrogens is 613 g/mol. The number of aromatic nitrogens is 3. The van der Waals surface area contributed by atoms with Crippen LogP contribution >= 0.6 is 0 Å². The lowest BCUT2D eigenvalue weighted by atomic mass is 10.1. The molecule has 1 fully saturated rings. The summed E-state index contributed by atoms with van der Waals surface area (Å²) in [5.41, 5.74) is -1.37. The van der Waals surface area contributed by atoms with E-state index in [0.29, 0.717) is 11.9 Å². The Bertz CT molecular complexity index is 1660. The number of carbonyl (C=O) groups is 2. The number of aliphatic carboxylic acids is 1. The number of nitrogens with zero attached hydrogens (tertiary/aromatic N) is 4. The van der Waals surface area contributed by atoms with Crippen molar-refractivity contribution < 1.29 is 54.2 Å². The van der Waals surface area contributed by atoms with Crippen LogP contribution in [0, 0.1) is 0 Å². The second kappa shape index (κ2) is 12.0. The number of anilines is 2. The lowest BCUT2D eigenvalue weighted by molar-refractivity contribution is -0.192. The van der Waals surface area contributed by atoms with E-state index >= 15 is 0 Å².